The highest BCUT2D eigenvalue weighted by molar-refractivity contribution is 6.10. The van der Waals surface area contributed by atoms with Crippen LogP contribution in [-0.2, 0) is 0 Å². The van der Waals surface area contributed by atoms with Gasteiger partial charge in [0.1, 0.15) is 0 Å². The first-order valence-corrected chi connectivity index (χ1v) is 15.6. The molecule has 0 radical (unpaired) electrons. The van der Waals surface area contributed by atoms with Crippen molar-refractivity contribution in [3.63, 3.8) is 0 Å². The van der Waals surface area contributed by atoms with Crippen molar-refractivity contribution in [2.75, 3.05) is 49.1 Å². The van der Waals surface area contributed by atoms with Crippen LogP contribution in [0.15, 0.2) is 60.7 Å². The minimum atomic E-state index is -0.301. The van der Waals surface area contributed by atoms with E-state index in [0.717, 1.165) is 33.8 Å². The molecule has 0 amide bonds. The number of carbonyl (C=O) groups excluding carboxylic acids is 2. The quantitative estimate of drug-likeness (QED) is 0.128. The van der Waals surface area contributed by atoms with Gasteiger partial charge in [-0.05, 0) is 96.8 Å². The van der Waals surface area contributed by atoms with Gasteiger partial charge in [-0.25, -0.2) is 0 Å². The van der Waals surface area contributed by atoms with Gasteiger partial charge >= 0.3 is 0 Å². The second-order valence-electron chi connectivity index (χ2n) is 11.1. The molecule has 0 aromatic heterocycles. The van der Waals surface area contributed by atoms with Gasteiger partial charge in [0.25, 0.3) is 0 Å². The summed E-state index contributed by atoms with van der Waals surface area (Å²) in [7, 11) is 7.33. The zero-order chi connectivity index (χ0) is 36.7. The predicted molar refractivity (Wildman–Crippen MR) is 189 cm³/mol. The summed E-state index contributed by atoms with van der Waals surface area (Å²) >= 11 is 0. The lowest BCUT2D eigenvalue weighted by Crippen LogP contribution is -2.02. The van der Waals surface area contributed by atoms with Crippen LogP contribution in [0, 0.1) is 13.8 Å². The number of aryl methyl sites for hydroxylation is 2. The largest absolute Gasteiger partial charge is 0.502 e. The highest BCUT2D eigenvalue weighted by Crippen LogP contribution is 2.42. The zero-order valence-corrected chi connectivity index (χ0v) is 29.3. The number of phenols is 1. The fourth-order valence-electron chi connectivity index (χ4n) is 5.55. The van der Waals surface area contributed by atoms with Crippen LogP contribution >= 0.6 is 0 Å². The molecule has 0 aliphatic carbocycles. The average molecular weight is 699 g/mol. The number of allylic oxidation sites excluding steroid dienone is 2. The van der Waals surface area contributed by atoms with Gasteiger partial charge in [0.05, 0.1) is 46.7 Å². The number of benzene rings is 4. The van der Waals surface area contributed by atoms with E-state index in [-0.39, 0.29) is 48.0 Å². The molecular formula is C39H38O12. The van der Waals surface area contributed by atoms with Gasteiger partial charge in [0, 0.05) is 0 Å². The third-order valence-electron chi connectivity index (χ3n) is 7.97. The van der Waals surface area contributed by atoms with E-state index in [0.29, 0.717) is 34.3 Å². The summed E-state index contributed by atoms with van der Waals surface area (Å²) < 4.78 is 47.7. The number of hydrogen-bond acceptors (Lipinski definition) is 12. The topological polar surface area (TPSA) is 137 Å². The van der Waals surface area contributed by atoms with E-state index in [2.05, 4.69) is 0 Å². The van der Waals surface area contributed by atoms with E-state index in [1.807, 2.05) is 38.1 Å². The normalized spacial score (nSPS) is 12.4. The van der Waals surface area contributed by atoms with Crippen molar-refractivity contribution in [3.8, 4) is 57.5 Å². The van der Waals surface area contributed by atoms with Crippen LogP contribution in [0.3, 0.4) is 0 Å². The number of phenolic OH excluding ortho intramolecular Hbond substituents is 1. The summed E-state index contributed by atoms with van der Waals surface area (Å²) in [6, 6.07) is 13.9. The molecule has 0 spiro atoms. The minimum absolute atomic E-state index is 0.0795. The Hall–Kier alpha value is -6.30. The lowest BCUT2D eigenvalue weighted by Gasteiger charge is -2.14. The van der Waals surface area contributed by atoms with Gasteiger partial charge < -0.3 is 47.7 Å². The summed E-state index contributed by atoms with van der Waals surface area (Å²) in [4.78, 5) is 25.2. The van der Waals surface area contributed by atoms with Crippen LogP contribution in [0.2, 0.25) is 0 Å². The van der Waals surface area contributed by atoms with Crippen LogP contribution in [-0.4, -0.2) is 65.8 Å². The minimum Gasteiger partial charge on any atom is -0.502 e. The lowest BCUT2D eigenvalue weighted by atomic mass is 10.1. The molecule has 0 atom stereocenters. The van der Waals surface area contributed by atoms with Crippen molar-refractivity contribution in [3.05, 3.63) is 94.1 Å². The molecule has 266 valence electrons. The number of rotatable bonds is 11. The Morgan fingerprint density at radius 1 is 0.588 bits per heavy atom. The Morgan fingerprint density at radius 2 is 1.04 bits per heavy atom. The van der Waals surface area contributed by atoms with Crippen molar-refractivity contribution in [1.29, 1.82) is 0 Å². The Labute approximate surface area is 295 Å². The molecule has 2 heterocycles. The average Bonchev–Trinajstić information content (AvgIpc) is 3.83. The lowest BCUT2D eigenvalue weighted by molar-refractivity contribution is 0.103. The van der Waals surface area contributed by atoms with E-state index >= 15 is 0 Å². The highest BCUT2D eigenvalue weighted by Gasteiger charge is 2.21. The van der Waals surface area contributed by atoms with E-state index < -0.39 is 0 Å². The second-order valence-corrected chi connectivity index (χ2v) is 11.1. The Morgan fingerprint density at radius 3 is 1.49 bits per heavy atom. The molecule has 0 saturated heterocycles. The first kappa shape index (κ1) is 36.0. The van der Waals surface area contributed by atoms with Gasteiger partial charge in [-0.2, -0.15) is 0 Å². The smallest absolute Gasteiger partial charge is 0.231 e. The maximum atomic E-state index is 12.7. The van der Waals surface area contributed by atoms with Gasteiger partial charge in [-0.3, -0.25) is 9.59 Å². The van der Waals surface area contributed by atoms with Crippen LogP contribution in [0.4, 0.5) is 0 Å². The zero-order valence-electron chi connectivity index (χ0n) is 29.3. The van der Waals surface area contributed by atoms with Gasteiger partial charge in [0.15, 0.2) is 57.6 Å². The maximum absolute atomic E-state index is 12.7. The molecule has 0 bridgehead atoms. The summed E-state index contributed by atoms with van der Waals surface area (Å²) in [5.74, 6) is 3.63. The SMILES string of the molecule is COc1ccc(C(=O)/C=C/c2cc(C)c3c(c2)OCO3)c(OC)c1O.COc1ccc(C(=O)/C=C/c2cc(C)c3c(c2)OCO3)c(OC)c1OC. The molecule has 4 aromatic rings. The molecule has 2 aliphatic heterocycles. The summed E-state index contributed by atoms with van der Waals surface area (Å²) in [5, 5.41) is 10.1. The molecule has 0 saturated carbocycles. The summed E-state index contributed by atoms with van der Waals surface area (Å²) in [6.45, 7) is 4.26. The summed E-state index contributed by atoms with van der Waals surface area (Å²) in [6.07, 6.45) is 6.31. The number of ketones is 2. The maximum Gasteiger partial charge on any atom is 0.231 e. The number of fused-ring (bicyclic) bond motifs is 2. The third-order valence-corrected chi connectivity index (χ3v) is 7.97. The standard InChI is InChI=1S/C20H20O6.C19H18O6/c1-12-9-13(10-17-18(12)26-11-25-17)5-7-15(21)14-6-8-16(22-2)20(24-4)19(14)23-3;1-11-8-12(9-16-18(11)25-10-24-16)4-6-14(20)13-5-7-15(22-2)17(21)19(13)23-3/h5-10H,11H2,1-4H3;4-9,21H,10H2,1-3H3/b7-5+;6-4+. The van der Waals surface area contributed by atoms with Crippen LogP contribution < -0.4 is 42.6 Å². The third kappa shape index (κ3) is 7.64. The van der Waals surface area contributed by atoms with Gasteiger partial charge in [0.2, 0.25) is 25.1 Å². The number of methoxy groups -OCH3 is 5. The number of aromatic hydroxyl groups is 1. The van der Waals surface area contributed by atoms with Crippen molar-refractivity contribution < 1.29 is 57.3 Å². The van der Waals surface area contributed by atoms with Crippen molar-refractivity contribution >= 4 is 23.7 Å². The first-order valence-electron chi connectivity index (χ1n) is 15.6. The van der Waals surface area contributed by atoms with E-state index in [1.165, 1.54) is 53.8 Å². The second kappa shape index (κ2) is 15.9. The van der Waals surface area contributed by atoms with Crippen molar-refractivity contribution in [1.82, 2.24) is 0 Å². The fourth-order valence-corrected chi connectivity index (χ4v) is 5.55. The van der Waals surface area contributed by atoms with E-state index in [9.17, 15) is 14.7 Å². The molecule has 12 nitrogen and oxygen atoms in total. The van der Waals surface area contributed by atoms with Gasteiger partial charge in [-0.1, -0.05) is 12.2 Å². The molecule has 2 aliphatic rings. The van der Waals surface area contributed by atoms with Crippen molar-refractivity contribution in [2.45, 2.75) is 13.8 Å². The van der Waals surface area contributed by atoms with E-state index in [4.69, 9.17) is 42.6 Å². The molecular weight excluding hydrogens is 660 g/mol. The molecule has 0 fully saturated rings. The van der Waals surface area contributed by atoms with Crippen LogP contribution in [0.5, 0.6) is 57.5 Å². The highest BCUT2D eigenvalue weighted by atomic mass is 16.7. The molecule has 4 aromatic carbocycles. The monoisotopic (exact) mass is 698 g/mol. The Balaban J connectivity index is 0.000000198. The van der Waals surface area contributed by atoms with Gasteiger partial charge in [-0.15, -0.1) is 0 Å². The Bertz CT molecular complexity index is 2010. The fraction of sp³-hybridized carbons (Fsp3) is 0.231. The number of carbonyl (C=O) groups is 2. The molecule has 51 heavy (non-hydrogen) atoms. The Kier molecular flexibility index (Phi) is 11.2. The number of hydrogen-bond donors (Lipinski definition) is 1. The van der Waals surface area contributed by atoms with Crippen LogP contribution in [0.25, 0.3) is 12.2 Å². The summed E-state index contributed by atoms with van der Waals surface area (Å²) in [5.41, 5.74) is 4.18. The van der Waals surface area contributed by atoms with E-state index in [1.54, 1.807) is 30.4 Å². The molecule has 6 rings (SSSR count). The first-order chi connectivity index (χ1) is 24.6. The predicted octanol–water partition coefficient (Wildman–Crippen LogP) is 6.99. The van der Waals surface area contributed by atoms with Crippen LogP contribution in [0.1, 0.15) is 43.0 Å². The molecule has 0 unspecified atom stereocenters. The molecule has 1 N–H and O–H groups in total. The molecule has 12 heteroatoms. The number of ether oxygens (including phenoxy) is 9. The van der Waals surface area contributed by atoms with Crippen molar-refractivity contribution in [2.24, 2.45) is 0 Å².